The van der Waals surface area contributed by atoms with Crippen molar-refractivity contribution in [1.82, 2.24) is 24.8 Å². The lowest BCUT2D eigenvalue weighted by Gasteiger charge is -2.32. The monoisotopic (exact) mass is 315 g/mol. The maximum Gasteiger partial charge on any atom is 0.274 e. The van der Waals surface area contributed by atoms with E-state index in [1.54, 1.807) is 18.0 Å². The zero-order valence-electron chi connectivity index (χ0n) is 12.9. The second-order valence-corrected chi connectivity index (χ2v) is 5.41. The number of aromatic amines is 1. The Morgan fingerprint density at radius 2 is 2.17 bits per heavy atom. The van der Waals surface area contributed by atoms with Crippen LogP contribution < -0.4 is 5.56 Å². The number of aromatic nitrogens is 4. The molecular formula is C15H17N5O3. The van der Waals surface area contributed by atoms with E-state index in [1.165, 1.54) is 12.3 Å². The number of aryl methyl sites for hydroxylation is 2. The van der Waals surface area contributed by atoms with Crippen LogP contribution in [0.25, 0.3) is 0 Å². The van der Waals surface area contributed by atoms with Crippen molar-refractivity contribution in [1.29, 1.82) is 0 Å². The van der Waals surface area contributed by atoms with Crippen molar-refractivity contribution in [3.8, 4) is 0 Å². The Morgan fingerprint density at radius 1 is 1.35 bits per heavy atom. The van der Waals surface area contributed by atoms with Gasteiger partial charge in [-0.25, -0.2) is 9.97 Å². The maximum atomic E-state index is 12.5. The standard InChI is InChI=1S/C15H17N5O3/c1-9-6-17-12(7-16-9)15(22)20-3-4-23-13(8-20)11-5-14(21)19-10(2)18-11/h5-7,13H,3-4,8H2,1-2H3,(H,18,19,21)/t13-/m1/s1. The Morgan fingerprint density at radius 3 is 2.87 bits per heavy atom. The van der Waals surface area contributed by atoms with E-state index in [4.69, 9.17) is 4.74 Å². The predicted molar refractivity (Wildman–Crippen MR) is 81.0 cm³/mol. The number of nitrogens with zero attached hydrogens (tertiary/aromatic N) is 4. The fourth-order valence-corrected chi connectivity index (χ4v) is 2.45. The molecule has 2 aromatic rings. The number of H-pyrrole nitrogens is 1. The Kier molecular flexibility index (Phi) is 4.16. The van der Waals surface area contributed by atoms with E-state index in [0.717, 1.165) is 5.69 Å². The van der Waals surface area contributed by atoms with Crippen LogP contribution >= 0.6 is 0 Å². The average Bonchev–Trinajstić information content (AvgIpc) is 2.54. The van der Waals surface area contributed by atoms with Crippen LogP contribution in [-0.2, 0) is 4.74 Å². The summed E-state index contributed by atoms with van der Waals surface area (Å²) in [7, 11) is 0. The van der Waals surface area contributed by atoms with Crippen LogP contribution in [0.4, 0.5) is 0 Å². The quantitative estimate of drug-likeness (QED) is 0.860. The van der Waals surface area contributed by atoms with Crippen molar-refractivity contribution in [3.05, 3.63) is 51.7 Å². The summed E-state index contributed by atoms with van der Waals surface area (Å²) in [6, 6.07) is 1.40. The molecule has 0 spiro atoms. The number of rotatable bonds is 2. The van der Waals surface area contributed by atoms with Gasteiger partial charge in [0.15, 0.2) is 0 Å². The van der Waals surface area contributed by atoms with Crippen molar-refractivity contribution in [2.45, 2.75) is 20.0 Å². The zero-order chi connectivity index (χ0) is 16.4. The molecule has 8 nitrogen and oxygen atoms in total. The highest BCUT2D eigenvalue weighted by Gasteiger charge is 2.28. The molecule has 3 heterocycles. The summed E-state index contributed by atoms with van der Waals surface area (Å²) in [5, 5.41) is 0. The van der Waals surface area contributed by atoms with Gasteiger partial charge in [-0.05, 0) is 13.8 Å². The normalized spacial score (nSPS) is 18.0. The van der Waals surface area contributed by atoms with E-state index in [2.05, 4.69) is 19.9 Å². The van der Waals surface area contributed by atoms with Crippen LogP contribution in [0.1, 0.15) is 33.8 Å². The first kappa shape index (κ1) is 15.3. The second kappa shape index (κ2) is 6.25. The summed E-state index contributed by atoms with van der Waals surface area (Å²) in [5.41, 5.74) is 1.35. The number of hydrogen-bond acceptors (Lipinski definition) is 6. The number of morpholine rings is 1. The number of carbonyl (C=O) groups excluding carboxylic acids is 1. The van der Waals surface area contributed by atoms with Gasteiger partial charge in [-0.1, -0.05) is 0 Å². The molecular weight excluding hydrogens is 298 g/mol. The van der Waals surface area contributed by atoms with Crippen molar-refractivity contribution >= 4 is 5.91 Å². The molecule has 2 aromatic heterocycles. The van der Waals surface area contributed by atoms with Gasteiger partial charge in [0.05, 0.1) is 30.7 Å². The minimum absolute atomic E-state index is 0.202. The number of amides is 1. The lowest BCUT2D eigenvalue weighted by Crippen LogP contribution is -2.43. The minimum Gasteiger partial charge on any atom is -0.368 e. The van der Waals surface area contributed by atoms with Gasteiger partial charge in [0.25, 0.3) is 11.5 Å². The lowest BCUT2D eigenvalue weighted by molar-refractivity contribution is -0.0251. The van der Waals surface area contributed by atoms with Crippen molar-refractivity contribution in [3.63, 3.8) is 0 Å². The molecule has 0 saturated carbocycles. The predicted octanol–water partition coefficient (Wildman–Crippen LogP) is 0.390. The molecule has 0 bridgehead atoms. The molecule has 1 aliphatic heterocycles. The SMILES string of the molecule is Cc1cnc(C(=O)N2CCO[C@@H](c3cc(=O)[nH]c(C)n3)C2)cn1. The van der Waals surface area contributed by atoms with Crippen molar-refractivity contribution in [2.75, 3.05) is 19.7 Å². The maximum absolute atomic E-state index is 12.5. The first-order valence-electron chi connectivity index (χ1n) is 7.30. The van der Waals surface area contributed by atoms with Gasteiger partial charge in [0.1, 0.15) is 17.6 Å². The summed E-state index contributed by atoms with van der Waals surface area (Å²) < 4.78 is 5.66. The van der Waals surface area contributed by atoms with E-state index >= 15 is 0 Å². The van der Waals surface area contributed by atoms with Crippen LogP contribution in [-0.4, -0.2) is 50.4 Å². The molecule has 1 amide bonds. The molecule has 120 valence electrons. The highest BCUT2D eigenvalue weighted by atomic mass is 16.5. The van der Waals surface area contributed by atoms with Gasteiger partial charge in [-0.15, -0.1) is 0 Å². The largest absolute Gasteiger partial charge is 0.368 e. The van der Waals surface area contributed by atoms with Gasteiger partial charge in [-0.3, -0.25) is 14.6 Å². The molecule has 8 heteroatoms. The Bertz CT molecular complexity index is 771. The van der Waals surface area contributed by atoms with Crippen LogP contribution in [0.15, 0.2) is 23.3 Å². The average molecular weight is 315 g/mol. The fraction of sp³-hybridized carbons (Fsp3) is 0.400. The van der Waals surface area contributed by atoms with E-state index in [-0.39, 0.29) is 11.5 Å². The van der Waals surface area contributed by atoms with E-state index in [9.17, 15) is 9.59 Å². The Labute approximate surface area is 132 Å². The van der Waals surface area contributed by atoms with Crippen molar-refractivity contribution in [2.24, 2.45) is 0 Å². The third kappa shape index (κ3) is 3.42. The molecule has 1 saturated heterocycles. The van der Waals surface area contributed by atoms with Crippen molar-refractivity contribution < 1.29 is 9.53 Å². The second-order valence-electron chi connectivity index (χ2n) is 5.41. The molecule has 23 heavy (non-hydrogen) atoms. The first-order chi connectivity index (χ1) is 11.0. The van der Waals surface area contributed by atoms with Crippen LogP contribution in [0.3, 0.4) is 0 Å². The topological polar surface area (TPSA) is 101 Å². The first-order valence-corrected chi connectivity index (χ1v) is 7.30. The molecule has 0 radical (unpaired) electrons. The molecule has 1 N–H and O–H groups in total. The smallest absolute Gasteiger partial charge is 0.274 e. The lowest BCUT2D eigenvalue weighted by atomic mass is 10.2. The van der Waals surface area contributed by atoms with Gasteiger partial charge < -0.3 is 14.6 Å². The highest BCUT2D eigenvalue weighted by molar-refractivity contribution is 5.92. The summed E-state index contributed by atoms with van der Waals surface area (Å²) in [6.45, 7) is 4.69. The number of hydrogen-bond donors (Lipinski definition) is 1. The summed E-state index contributed by atoms with van der Waals surface area (Å²) in [5.74, 6) is 0.316. The van der Waals surface area contributed by atoms with Crippen LogP contribution in [0.2, 0.25) is 0 Å². The molecule has 1 fully saturated rings. The molecule has 0 aromatic carbocycles. The fourth-order valence-electron chi connectivity index (χ4n) is 2.45. The summed E-state index contributed by atoms with van der Waals surface area (Å²) in [6.07, 6.45) is 2.61. The summed E-state index contributed by atoms with van der Waals surface area (Å²) >= 11 is 0. The van der Waals surface area contributed by atoms with E-state index < -0.39 is 6.10 Å². The van der Waals surface area contributed by atoms with Crippen LogP contribution in [0, 0.1) is 13.8 Å². The molecule has 0 unspecified atom stereocenters. The Balaban J connectivity index is 1.79. The van der Waals surface area contributed by atoms with Gasteiger partial charge in [0.2, 0.25) is 0 Å². The number of nitrogens with one attached hydrogen (secondary N) is 1. The molecule has 0 aliphatic carbocycles. The van der Waals surface area contributed by atoms with Gasteiger partial charge >= 0.3 is 0 Å². The third-order valence-electron chi connectivity index (χ3n) is 3.56. The van der Waals surface area contributed by atoms with Crippen LogP contribution in [0.5, 0.6) is 0 Å². The van der Waals surface area contributed by atoms with E-state index in [0.29, 0.717) is 36.9 Å². The minimum atomic E-state index is -0.424. The summed E-state index contributed by atoms with van der Waals surface area (Å²) in [4.78, 5) is 40.8. The zero-order valence-corrected chi connectivity index (χ0v) is 12.9. The molecule has 3 rings (SSSR count). The van der Waals surface area contributed by atoms with Gasteiger partial charge in [0, 0.05) is 18.8 Å². The van der Waals surface area contributed by atoms with Gasteiger partial charge in [-0.2, -0.15) is 0 Å². The number of carbonyl (C=O) groups is 1. The molecule has 1 atom stereocenters. The Hall–Kier alpha value is -2.61. The third-order valence-corrected chi connectivity index (χ3v) is 3.56. The highest BCUT2D eigenvalue weighted by Crippen LogP contribution is 2.20. The van der Waals surface area contributed by atoms with E-state index in [1.807, 2.05) is 6.92 Å². The molecule has 1 aliphatic rings. The number of ether oxygens (including phenoxy) is 1.